The number of benzene rings is 1. The van der Waals surface area contributed by atoms with Gasteiger partial charge in [0, 0.05) is 23.5 Å². The summed E-state index contributed by atoms with van der Waals surface area (Å²) >= 11 is 0. The van der Waals surface area contributed by atoms with Crippen LogP contribution in [0, 0.1) is 0 Å². The number of pyridine rings is 1. The van der Waals surface area contributed by atoms with E-state index in [1.807, 2.05) is 17.0 Å². The van der Waals surface area contributed by atoms with Gasteiger partial charge in [-0.1, -0.05) is 12.1 Å². The first-order chi connectivity index (χ1) is 11.3. The van der Waals surface area contributed by atoms with Crippen molar-refractivity contribution < 1.29 is 14.4 Å². The minimum atomic E-state index is 0.104. The lowest BCUT2D eigenvalue weighted by Gasteiger charge is -2.32. The van der Waals surface area contributed by atoms with E-state index in [2.05, 4.69) is 17.1 Å². The largest absolute Gasteiger partial charge is 0.497 e. The second-order valence-electron chi connectivity index (χ2n) is 5.81. The molecule has 0 bridgehead atoms. The SMILES string of the molecule is COc1cccc(C[NH+]2CCN(C(=O)c3ccncc3)CC2)c1. The first-order valence-electron chi connectivity index (χ1n) is 7.92. The Morgan fingerprint density at radius 3 is 2.65 bits per heavy atom. The van der Waals surface area contributed by atoms with Gasteiger partial charge in [0.1, 0.15) is 12.3 Å². The van der Waals surface area contributed by atoms with Gasteiger partial charge in [-0.05, 0) is 24.3 Å². The van der Waals surface area contributed by atoms with Crippen molar-refractivity contribution in [3.8, 4) is 5.75 Å². The maximum atomic E-state index is 12.4. The zero-order valence-corrected chi connectivity index (χ0v) is 13.4. The third kappa shape index (κ3) is 3.87. The van der Waals surface area contributed by atoms with Crippen LogP contribution in [-0.4, -0.2) is 49.1 Å². The first-order valence-corrected chi connectivity index (χ1v) is 7.92. The second kappa shape index (κ2) is 7.24. The molecule has 0 radical (unpaired) electrons. The summed E-state index contributed by atoms with van der Waals surface area (Å²) in [7, 11) is 1.69. The molecule has 1 amide bonds. The van der Waals surface area contributed by atoms with E-state index in [-0.39, 0.29) is 5.91 Å². The van der Waals surface area contributed by atoms with E-state index in [0.29, 0.717) is 0 Å². The van der Waals surface area contributed by atoms with Gasteiger partial charge in [0.15, 0.2) is 0 Å². The van der Waals surface area contributed by atoms with Crippen LogP contribution in [0.4, 0.5) is 0 Å². The Balaban J connectivity index is 1.55. The molecule has 0 saturated carbocycles. The Kier molecular flexibility index (Phi) is 4.88. The van der Waals surface area contributed by atoms with Gasteiger partial charge in [0.2, 0.25) is 0 Å². The van der Waals surface area contributed by atoms with Crippen molar-refractivity contribution in [3.05, 3.63) is 59.9 Å². The summed E-state index contributed by atoms with van der Waals surface area (Å²) in [6, 6.07) is 11.8. The number of methoxy groups -OCH3 is 1. The third-order valence-corrected chi connectivity index (χ3v) is 4.27. The van der Waals surface area contributed by atoms with Crippen molar-refractivity contribution in [2.75, 3.05) is 33.3 Å². The van der Waals surface area contributed by atoms with E-state index in [4.69, 9.17) is 4.74 Å². The average molecular weight is 312 g/mol. The van der Waals surface area contributed by atoms with E-state index >= 15 is 0 Å². The van der Waals surface area contributed by atoms with Crippen LogP contribution in [0.1, 0.15) is 15.9 Å². The number of nitrogens with one attached hydrogen (secondary N) is 1. The average Bonchev–Trinajstić information content (AvgIpc) is 2.63. The molecule has 2 heterocycles. The van der Waals surface area contributed by atoms with Crippen LogP contribution in [0.3, 0.4) is 0 Å². The summed E-state index contributed by atoms with van der Waals surface area (Å²) in [5.41, 5.74) is 1.99. The van der Waals surface area contributed by atoms with E-state index in [9.17, 15) is 4.79 Å². The monoisotopic (exact) mass is 312 g/mol. The predicted octanol–water partition coefficient (Wildman–Crippen LogP) is 0.631. The molecule has 23 heavy (non-hydrogen) atoms. The number of carbonyl (C=O) groups is 1. The van der Waals surface area contributed by atoms with Crippen molar-refractivity contribution in [2.45, 2.75) is 6.54 Å². The Bertz CT molecular complexity index is 652. The summed E-state index contributed by atoms with van der Waals surface area (Å²) in [5, 5.41) is 0. The molecule has 1 aliphatic heterocycles. The van der Waals surface area contributed by atoms with Gasteiger partial charge < -0.3 is 14.5 Å². The highest BCUT2D eigenvalue weighted by molar-refractivity contribution is 5.94. The summed E-state index contributed by atoms with van der Waals surface area (Å²) < 4.78 is 5.27. The van der Waals surface area contributed by atoms with E-state index < -0.39 is 0 Å². The zero-order chi connectivity index (χ0) is 16.1. The van der Waals surface area contributed by atoms with Gasteiger partial charge in [-0.15, -0.1) is 0 Å². The van der Waals surface area contributed by atoms with Gasteiger partial charge in [-0.3, -0.25) is 9.78 Å². The molecule has 0 aliphatic carbocycles. The summed E-state index contributed by atoms with van der Waals surface area (Å²) in [6.07, 6.45) is 3.33. The molecule has 5 heteroatoms. The van der Waals surface area contributed by atoms with Crippen LogP contribution in [0.15, 0.2) is 48.8 Å². The number of aromatic nitrogens is 1. The lowest BCUT2D eigenvalue weighted by molar-refractivity contribution is -0.917. The molecule has 1 fully saturated rings. The highest BCUT2D eigenvalue weighted by atomic mass is 16.5. The van der Waals surface area contributed by atoms with Crippen molar-refractivity contribution in [1.29, 1.82) is 0 Å². The van der Waals surface area contributed by atoms with E-state index in [1.54, 1.807) is 31.6 Å². The number of hydrogen-bond acceptors (Lipinski definition) is 3. The molecular formula is C18H22N3O2+. The molecular weight excluding hydrogens is 290 g/mol. The van der Waals surface area contributed by atoms with Gasteiger partial charge in [-0.2, -0.15) is 0 Å². The molecule has 120 valence electrons. The molecule has 1 aromatic carbocycles. The minimum absolute atomic E-state index is 0.104. The van der Waals surface area contributed by atoms with Crippen molar-refractivity contribution in [3.63, 3.8) is 0 Å². The van der Waals surface area contributed by atoms with Crippen molar-refractivity contribution >= 4 is 5.91 Å². The standard InChI is InChI=1S/C18H21N3O2/c1-23-17-4-2-3-15(13-17)14-20-9-11-21(12-10-20)18(22)16-5-7-19-8-6-16/h2-8,13H,9-12,14H2,1H3/p+1. The molecule has 0 unspecified atom stereocenters. The molecule has 3 rings (SSSR count). The van der Waals surface area contributed by atoms with Crippen molar-refractivity contribution in [1.82, 2.24) is 9.88 Å². The Morgan fingerprint density at radius 1 is 1.22 bits per heavy atom. The number of quaternary nitrogens is 1. The fourth-order valence-corrected chi connectivity index (χ4v) is 2.95. The maximum absolute atomic E-state index is 12.4. The van der Waals surface area contributed by atoms with Gasteiger partial charge in [-0.25, -0.2) is 0 Å². The molecule has 0 spiro atoms. The molecule has 1 saturated heterocycles. The van der Waals surface area contributed by atoms with E-state index in [0.717, 1.165) is 44.0 Å². The third-order valence-electron chi connectivity index (χ3n) is 4.27. The minimum Gasteiger partial charge on any atom is -0.497 e. The fraction of sp³-hybridized carbons (Fsp3) is 0.333. The number of amides is 1. The number of carbonyl (C=O) groups excluding carboxylic acids is 1. The van der Waals surface area contributed by atoms with Crippen molar-refractivity contribution in [2.24, 2.45) is 0 Å². The lowest BCUT2D eigenvalue weighted by atomic mass is 10.1. The highest BCUT2D eigenvalue weighted by Crippen LogP contribution is 2.11. The maximum Gasteiger partial charge on any atom is 0.254 e. The molecule has 1 aromatic heterocycles. The number of piperazine rings is 1. The molecule has 0 atom stereocenters. The van der Waals surface area contributed by atoms with Crippen LogP contribution in [0.25, 0.3) is 0 Å². The highest BCUT2D eigenvalue weighted by Gasteiger charge is 2.24. The fourth-order valence-electron chi connectivity index (χ4n) is 2.95. The van der Waals surface area contributed by atoms with E-state index in [1.165, 1.54) is 10.5 Å². The van der Waals surface area contributed by atoms with Crippen LogP contribution in [0.5, 0.6) is 5.75 Å². The van der Waals surface area contributed by atoms with Gasteiger partial charge in [0.05, 0.1) is 33.3 Å². The van der Waals surface area contributed by atoms with Gasteiger partial charge >= 0.3 is 0 Å². The predicted molar refractivity (Wildman–Crippen MR) is 87.5 cm³/mol. The van der Waals surface area contributed by atoms with Crippen LogP contribution in [-0.2, 0) is 6.54 Å². The lowest BCUT2D eigenvalue weighted by Crippen LogP contribution is -3.13. The first kappa shape index (κ1) is 15.5. The summed E-state index contributed by atoms with van der Waals surface area (Å²) in [4.78, 5) is 19.8. The number of nitrogens with zero attached hydrogens (tertiary/aromatic N) is 2. The van der Waals surface area contributed by atoms with Crippen LogP contribution in [0.2, 0.25) is 0 Å². The summed E-state index contributed by atoms with van der Waals surface area (Å²) in [5.74, 6) is 1.00. The number of ether oxygens (including phenoxy) is 1. The Hall–Kier alpha value is -2.40. The van der Waals surface area contributed by atoms with Crippen LogP contribution >= 0.6 is 0 Å². The molecule has 1 aliphatic rings. The quantitative estimate of drug-likeness (QED) is 0.901. The molecule has 1 N–H and O–H groups in total. The topological polar surface area (TPSA) is 46.9 Å². The van der Waals surface area contributed by atoms with Gasteiger partial charge in [0.25, 0.3) is 5.91 Å². The zero-order valence-electron chi connectivity index (χ0n) is 13.4. The van der Waals surface area contributed by atoms with Crippen LogP contribution < -0.4 is 9.64 Å². The summed E-state index contributed by atoms with van der Waals surface area (Å²) in [6.45, 7) is 4.48. The number of hydrogen-bond donors (Lipinski definition) is 1. The number of rotatable bonds is 4. The smallest absolute Gasteiger partial charge is 0.254 e. The normalized spacial score (nSPS) is 15.4. The molecule has 5 nitrogen and oxygen atoms in total. The Labute approximate surface area is 136 Å². The second-order valence-corrected chi connectivity index (χ2v) is 5.81. The molecule has 2 aromatic rings. The Morgan fingerprint density at radius 2 is 1.96 bits per heavy atom.